The molecule has 8 nitrogen and oxygen atoms in total. The summed E-state index contributed by atoms with van der Waals surface area (Å²) >= 11 is 5.86. The van der Waals surface area contributed by atoms with E-state index < -0.39 is 43.1 Å². The van der Waals surface area contributed by atoms with Gasteiger partial charge in [0.25, 0.3) is 0 Å². The molecule has 0 spiro atoms. The molecule has 1 fully saturated rings. The van der Waals surface area contributed by atoms with Crippen LogP contribution in [0.1, 0.15) is 22.3 Å². The van der Waals surface area contributed by atoms with E-state index in [1.807, 2.05) is 0 Å². The second-order valence-corrected chi connectivity index (χ2v) is 7.45. The van der Waals surface area contributed by atoms with Gasteiger partial charge < -0.3 is 35.0 Å². The fourth-order valence-electron chi connectivity index (χ4n) is 3.22. The minimum absolute atomic E-state index is 0.0552. The van der Waals surface area contributed by atoms with E-state index in [1.165, 1.54) is 18.2 Å². The van der Waals surface area contributed by atoms with Crippen molar-refractivity contribution >= 4 is 17.4 Å². The number of aliphatic hydroxyl groups is 4. The smallest absolute Gasteiger partial charge is 0.229 e. The Kier molecular flexibility index (Phi) is 7.30. The molecule has 0 unspecified atom stereocenters. The van der Waals surface area contributed by atoms with E-state index in [0.717, 1.165) is 5.56 Å². The molecule has 1 aliphatic heterocycles. The highest BCUT2D eigenvalue weighted by atomic mass is 35.5. The standard InChI is InChI=1S/C21H23ClO8/c22-12-7-4-11(5-8-12)6-9-14(25)17-13(24)2-1-3-15(17)29-21-20(28)19(27)18(26)16(10-23)30-21/h1-5,7-8,16,18-21,23-24,26-28H,6,9-10H2/t16-,18-,19+,20-,21-/m1/s1. The van der Waals surface area contributed by atoms with E-state index in [-0.39, 0.29) is 23.5 Å². The lowest BCUT2D eigenvalue weighted by atomic mass is 9.99. The van der Waals surface area contributed by atoms with Crippen molar-refractivity contribution in [1.29, 1.82) is 0 Å². The molecule has 2 aromatic carbocycles. The molecule has 162 valence electrons. The van der Waals surface area contributed by atoms with E-state index in [4.69, 9.17) is 21.1 Å². The Bertz CT molecular complexity index is 870. The summed E-state index contributed by atoms with van der Waals surface area (Å²) in [5.41, 5.74) is 0.794. The summed E-state index contributed by atoms with van der Waals surface area (Å²) in [6, 6.07) is 11.2. The molecule has 5 N–H and O–H groups in total. The number of phenols is 1. The maximum Gasteiger partial charge on any atom is 0.229 e. The van der Waals surface area contributed by atoms with Crippen molar-refractivity contribution in [3.63, 3.8) is 0 Å². The second-order valence-electron chi connectivity index (χ2n) is 7.02. The number of aromatic hydroxyl groups is 1. The van der Waals surface area contributed by atoms with Crippen LogP contribution in [0.2, 0.25) is 5.02 Å². The molecule has 0 aliphatic carbocycles. The summed E-state index contributed by atoms with van der Waals surface area (Å²) < 4.78 is 10.9. The number of carbonyl (C=O) groups excluding carboxylic acids is 1. The van der Waals surface area contributed by atoms with Gasteiger partial charge in [-0.15, -0.1) is 0 Å². The molecule has 1 saturated heterocycles. The zero-order valence-corrected chi connectivity index (χ0v) is 16.6. The molecular weight excluding hydrogens is 416 g/mol. The normalized spacial score (nSPS) is 26.4. The Hall–Kier alpha value is -2.20. The number of halogens is 1. The molecule has 0 saturated carbocycles. The van der Waals surface area contributed by atoms with Gasteiger partial charge in [0.15, 0.2) is 5.78 Å². The molecule has 0 bridgehead atoms. The van der Waals surface area contributed by atoms with Gasteiger partial charge in [0.2, 0.25) is 6.29 Å². The maximum absolute atomic E-state index is 12.8. The molecule has 0 aromatic heterocycles. The van der Waals surface area contributed by atoms with Crippen LogP contribution in [0.4, 0.5) is 0 Å². The predicted octanol–water partition coefficient (Wildman–Crippen LogP) is 1.04. The van der Waals surface area contributed by atoms with Gasteiger partial charge in [-0.3, -0.25) is 4.79 Å². The lowest BCUT2D eigenvalue weighted by Crippen LogP contribution is -2.60. The summed E-state index contributed by atoms with van der Waals surface area (Å²) in [5.74, 6) is -0.763. The average Bonchev–Trinajstić information content (AvgIpc) is 2.73. The molecule has 1 aliphatic rings. The van der Waals surface area contributed by atoms with Crippen molar-refractivity contribution in [3.05, 3.63) is 58.6 Å². The number of phenolic OH excluding ortho intramolecular Hbond substituents is 1. The zero-order valence-electron chi connectivity index (χ0n) is 15.9. The van der Waals surface area contributed by atoms with Gasteiger partial charge in [0, 0.05) is 11.4 Å². The number of benzene rings is 2. The predicted molar refractivity (Wildman–Crippen MR) is 107 cm³/mol. The van der Waals surface area contributed by atoms with Crippen LogP contribution < -0.4 is 4.74 Å². The maximum atomic E-state index is 12.8. The molecule has 1 heterocycles. The zero-order chi connectivity index (χ0) is 21.8. The third-order valence-electron chi connectivity index (χ3n) is 4.93. The Morgan fingerprint density at radius 1 is 1.03 bits per heavy atom. The fraction of sp³-hybridized carbons (Fsp3) is 0.381. The van der Waals surface area contributed by atoms with Crippen LogP contribution >= 0.6 is 11.6 Å². The monoisotopic (exact) mass is 438 g/mol. The second kappa shape index (κ2) is 9.74. The van der Waals surface area contributed by atoms with Gasteiger partial charge in [0.1, 0.15) is 41.5 Å². The molecule has 0 radical (unpaired) electrons. The molecule has 3 rings (SSSR count). The first-order valence-electron chi connectivity index (χ1n) is 9.38. The number of ketones is 1. The number of carbonyl (C=O) groups is 1. The van der Waals surface area contributed by atoms with Crippen LogP contribution in [0.3, 0.4) is 0 Å². The van der Waals surface area contributed by atoms with E-state index in [1.54, 1.807) is 24.3 Å². The topological polar surface area (TPSA) is 137 Å². The number of hydrogen-bond acceptors (Lipinski definition) is 8. The minimum atomic E-state index is -1.64. The highest BCUT2D eigenvalue weighted by molar-refractivity contribution is 6.30. The van der Waals surface area contributed by atoms with E-state index >= 15 is 0 Å². The third kappa shape index (κ3) is 4.92. The fourth-order valence-corrected chi connectivity index (χ4v) is 3.35. The van der Waals surface area contributed by atoms with Gasteiger partial charge >= 0.3 is 0 Å². The highest BCUT2D eigenvalue weighted by Crippen LogP contribution is 2.32. The molecule has 9 heteroatoms. The lowest BCUT2D eigenvalue weighted by Gasteiger charge is -2.39. The van der Waals surface area contributed by atoms with Crippen molar-refractivity contribution in [2.75, 3.05) is 6.61 Å². The van der Waals surface area contributed by atoms with E-state index in [9.17, 15) is 30.3 Å². The molecule has 2 aromatic rings. The Morgan fingerprint density at radius 3 is 2.40 bits per heavy atom. The van der Waals surface area contributed by atoms with Crippen molar-refractivity contribution in [1.82, 2.24) is 0 Å². The van der Waals surface area contributed by atoms with Gasteiger partial charge in [-0.05, 0) is 36.2 Å². The van der Waals surface area contributed by atoms with E-state index in [0.29, 0.717) is 11.4 Å². The van der Waals surface area contributed by atoms with Crippen molar-refractivity contribution in [2.45, 2.75) is 43.5 Å². The van der Waals surface area contributed by atoms with Crippen molar-refractivity contribution < 1.29 is 39.8 Å². The number of aryl methyl sites for hydroxylation is 1. The van der Waals surface area contributed by atoms with Crippen LogP contribution in [0, 0.1) is 0 Å². The highest BCUT2D eigenvalue weighted by Gasteiger charge is 2.45. The minimum Gasteiger partial charge on any atom is -0.507 e. The third-order valence-corrected chi connectivity index (χ3v) is 5.18. The summed E-state index contributed by atoms with van der Waals surface area (Å²) in [4.78, 5) is 12.8. The lowest BCUT2D eigenvalue weighted by molar-refractivity contribution is -0.277. The van der Waals surface area contributed by atoms with Gasteiger partial charge in [-0.2, -0.15) is 0 Å². The first-order valence-corrected chi connectivity index (χ1v) is 9.76. The van der Waals surface area contributed by atoms with E-state index in [2.05, 4.69) is 0 Å². The number of rotatable bonds is 7. The largest absolute Gasteiger partial charge is 0.507 e. The number of aliphatic hydroxyl groups excluding tert-OH is 4. The Balaban J connectivity index is 1.77. The van der Waals surface area contributed by atoms with Crippen LogP contribution in [0.25, 0.3) is 0 Å². The van der Waals surface area contributed by atoms with Crippen LogP contribution in [-0.4, -0.2) is 68.6 Å². The van der Waals surface area contributed by atoms with Crippen LogP contribution in [0.5, 0.6) is 11.5 Å². The van der Waals surface area contributed by atoms with Crippen molar-refractivity contribution in [3.8, 4) is 11.5 Å². The van der Waals surface area contributed by atoms with Gasteiger partial charge in [0.05, 0.1) is 6.61 Å². The quantitative estimate of drug-likeness (QED) is 0.404. The van der Waals surface area contributed by atoms with Crippen molar-refractivity contribution in [2.24, 2.45) is 0 Å². The first kappa shape index (κ1) is 22.5. The SMILES string of the molecule is O=C(CCc1ccc(Cl)cc1)c1c(O)cccc1O[C@@H]1O[C@H](CO)[C@@H](O)[C@H](O)[C@H]1O. The van der Waals surface area contributed by atoms with Crippen LogP contribution in [0.15, 0.2) is 42.5 Å². The summed E-state index contributed by atoms with van der Waals surface area (Å²) in [6.45, 7) is -0.613. The first-order chi connectivity index (χ1) is 14.3. The van der Waals surface area contributed by atoms with Gasteiger partial charge in [-0.1, -0.05) is 29.8 Å². The van der Waals surface area contributed by atoms with Gasteiger partial charge in [-0.25, -0.2) is 0 Å². The molecule has 0 amide bonds. The number of hydrogen-bond donors (Lipinski definition) is 5. The van der Waals surface area contributed by atoms with Crippen LogP contribution in [-0.2, 0) is 11.2 Å². The summed E-state index contributed by atoms with van der Waals surface area (Å²) in [7, 11) is 0. The number of Topliss-reactive ketones (excluding diaryl/α,β-unsaturated/α-hetero) is 1. The Morgan fingerprint density at radius 2 is 1.73 bits per heavy atom. The number of ether oxygens (including phenoxy) is 2. The Labute approximate surface area is 177 Å². The summed E-state index contributed by atoms with van der Waals surface area (Å²) in [5, 5.41) is 50.1. The molecular formula is C21H23ClO8. The molecule has 30 heavy (non-hydrogen) atoms. The molecule has 5 atom stereocenters. The summed E-state index contributed by atoms with van der Waals surface area (Å²) in [6.07, 6.45) is -6.94. The average molecular weight is 439 g/mol.